The predicted octanol–water partition coefficient (Wildman–Crippen LogP) is 1.69. The first-order chi connectivity index (χ1) is 14.0. The lowest BCUT2D eigenvalue weighted by Gasteiger charge is -2.35. The van der Waals surface area contributed by atoms with E-state index in [1.165, 1.54) is 6.42 Å². The summed E-state index contributed by atoms with van der Waals surface area (Å²) in [5.74, 6) is -1.06. The molecule has 0 aromatic heterocycles. The fourth-order valence-electron chi connectivity index (χ4n) is 4.11. The van der Waals surface area contributed by atoms with E-state index in [9.17, 15) is 9.59 Å². The summed E-state index contributed by atoms with van der Waals surface area (Å²) >= 11 is 0. The summed E-state index contributed by atoms with van der Waals surface area (Å²) in [7, 11) is 4.03. The van der Waals surface area contributed by atoms with Gasteiger partial charge in [-0.2, -0.15) is 0 Å². The highest BCUT2D eigenvalue weighted by molar-refractivity contribution is 6.35. The van der Waals surface area contributed by atoms with Gasteiger partial charge in [-0.15, -0.1) is 0 Å². The fraction of sp³-hybridized carbons (Fsp3) is 0.636. The lowest BCUT2D eigenvalue weighted by molar-refractivity contribution is -0.140. The molecule has 29 heavy (non-hydrogen) atoms. The third-order valence-corrected chi connectivity index (χ3v) is 5.88. The van der Waals surface area contributed by atoms with E-state index in [-0.39, 0.29) is 12.1 Å². The molecule has 7 heteroatoms. The molecule has 1 aliphatic heterocycles. The fourth-order valence-corrected chi connectivity index (χ4v) is 4.11. The molecule has 1 aliphatic carbocycles. The van der Waals surface area contributed by atoms with Crippen molar-refractivity contribution in [2.75, 3.05) is 51.8 Å². The number of hydrogen-bond acceptors (Lipinski definition) is 5. The van der Waals surface area contributed by atoms with Crippen LogP contribution < -0.4 is 15.5 Å². The van der Waals surface area contributed by atoms with E-state index in [2.05, 4.69) is 44.7 Å². The zero-order valence-electron chi connectivity index (χ0n) is 17.7. The summed E-state index contributed by atoms with van der Waals surface area (Å²) in [6.07, 6.45) is 5.39. The second kappa shape index (κ2) is 10.6. The number of nitrogens with zero attached hydrogens (tertiary/aromatic N) is 2. The maximum absolute atomic E-state index is 12.4. The van der Waals surface area contributed by atoms with Gasteiger partial charge in [0.25, 0.3) is 0 Å². The minimum Gasteiger partial charge on any atom is -0.379 e. The van der Waals surface area contributed by atoms with E-state index in [4.69, 9.17) is 4.74 Å². The minimum absolute atomic E-state index is 0.0153. The molecule has 1 aromatic rings. The van der Waals surface area contributed by atoms with Crippen LogP contribution in [0.2, 0.25) is 0 Å². The van der Waals surface area contributed by atoms with E-state index in [0.29, 0.717) is 19.8 Å². The Labute approximate surface area is 173 Å². The Balaban J connectivity index is 1.61. The van der Waals surface area contributed by atoms with Crippen LogP contribution in [0.5, 0.6) is 0 Å². The lowest BCUT2D eigenvalue weighted by atomic mass is 9.95. The zero-order valence-corrected chi connectivity index (χ0v) is 17.7. The average molecular weight is 403 g/mol. The molecule has 0 radical (unpaired) electrons. The minimum atomic E-state index is -0.543. The number of morpholine rings is 1. The normalized spacial score (nSPS) is 19.4. The van der Waals surface area contributed by atoms with Crippen molar-refractivity contribution in [3.63, 3.8) is 0 Å². The van der Waals surface area contributed by atoms with Gasteiger partial charge in [0.15, 0.2) is 0 Å². The van der Waals surface area contributed by atoms with Gasteiger partial charge >= 0.3 is 11.8 Å². The van der Waals surface area contributed by atoms with Crippen molar-refractivity contribution in [3.8, 4) is 0 Å². The van der Waals surface area contributed by atoms with Gasteiger partial charge in [-0.1, -0.05) is 31.4 Å². The Hall–Kier alpha value is -2.12. The number of amides is 2. The van der Waals surface area contributed by atoms with Crippen LogP contribution in [-0.2, 0) is 14.3 Å². The third kappa shape index (κ3) is 6.18. The van der Waals surface area contributed by atoms with Crippen molar-refractivity contribution in [2.24, 2.45) is 0 Å². The van der Waals surface area contributed by atoms with E-state index in [1.807, 2.05) is 14.1 Å². The number of nitrogens with one attached hydrogen (secondary N) is 2. The summed E-state index contributed by atoms with van der Waals surface area (Å²) in [4.78, 5) is 29.1. The number of carbonyl (C=O) groups excluding carboxylic acids is 2. The molecule has 3 rings (SSSR count). The molecule has 2 aliphatic rings. The smallest absolute Gasteiger partial charge is 0.309 e. The first kappa shape index (κ1) is 21.6. The van der Waals surface area contributed by atoms with Crippen molar-refractivity contribution < 1.29 is 14.3 Å². The number of ether oxygens (including phenoxy) is 1. The summed E-state index contributed by atoms with van der Waals surface area (Å²) in [6, 6.07) is 8.52. The summed E-state index contributed by atoms with van der Waals surface area (Å²) in [5.41, 5.74) is 2.26. The average Bonchev–Trinajstić information content (AvgIpc) is 2.75. The van der Waals surface area contributed by atoms with Gasteiger partial charge in [-0.3, -0.25) is 14.5 Å². The van der Waals surface area contributed by atoms with Gasteiger partial charge in [0.05, 0.1) is 19.3 Å². The van der Waals surface area contributed by atoms with Crippen LogP contribution in [0.25, 0.3) is 0 Å². The number of benzene rings is 1. The van der Waals surface area contributed by atoms with E-state index in [1.54, 1.807) is 0 Å². The zero-order chi connectivity index (χ0) is 20.6. The lowest BCUT2D eigenvalue weighted by Crippen LogP contribution is -2.48. The Morgan fingerprint density at radius 3 is 2.34 bits per heavy atom. The molecule has 0 unspecified atom stereocenters. The van der Waals surface area contributed by atoms with Crippen LogP contribution in [0.15, 0.2) is 24.3 Å². The highest BCUT2D eigenvalue weighted by atomic mass is 16.5. The highest BCUT2D eigenvalue weighted by Gasteiger charge is 2.25. The van der Waals surface area contributed by atoms with Gasteiger partial charge in [0, 0.05) is 45.5 Å². The molecule has 1 atom stereocenters. The van der Waals surface area contributed by atoms with Crippen LogP contribution in [0.3, 0.4) is 0 Å². The summed E-state index contributed by atoms with van der Waals surface area (Å²) in [6.45, 7) is 3.39. The second-order valence-electron chi connectivity index (χ2n) is 8.17. The third-order valence-electron chi connectivity index (χ3n) is 5.88. The largest absolute Gasteiger partial charge is 0.379 e. The molecule has 1 saturated heterocycles. The molecule has 0 spiro atoms. The molecular weight excluding hydrogens is 368 g/mol. The maximum Gasteiger partial charge on any atom is 0.309 e. The van der Waals surface area contributed by atoms with E-state index < -0.39 is 11.8 Å². The quantitative estimate of drug-likeness (QED) is 0.709. The first-order valence-electron chi connectivity index (χ1n) is 10.7. The van der Waals surface area contributed by atoms with E-state index in [0.717, 1.165) is 50.0 Å². The molecule has 2 amide bonds. The first-order valence-corrected chi connectivity index (χ1v) is 10.7. The van der Waals surface area contributed by atoms with Crippen molar-refractivity contribution in [1.82, 2.24) is 15.5 Å². The topological polar surface area (TPSA) is 73.9 Å². The van der Waals surface area contributed by atoms with Gasteiger partial charge in [-0.25, -0.2) is 0 Å². The molecule has 1 aromatic carbocycles. The molecular formula is C22H34N4O3. The number of rotatable bonds is 6. The van der Waals surface area contributed by atoms with Crippen molar-refractivity contribution in [1.29, 1.82) is 0 Å². The Kier molecular flexibility index (Phi) is 7.89. The monoisotopic (exact) mass is 402 g/mol. The maximum atomic E-state index is 12.4. The van der Waals surface area contributed by atoms with Gasteiger partial charge in [0.2, 0.25) is 0 Å². The van der Waals surface area contributed by atoms with Crippen LogP contribution >= 0.6 is 0 Å². The Morgan fingerprint density at radius 2 is 1.72 bits per heavy atom. The van der Waals surface area contributed by atoms with Crippen LogP contribution in [0, 0.1) is 0 Å². The van der Waals surface area contributed by atoms with Crippen LogP contribution in [-0.4, -0.2) is 69.7 Å². The number of anilines is 1. The van der Waals surface area contributed by atoms with Crippen LogP contribution in [0.4, 0.5) is 5.69 Å². The molecule has 2 fully saturated rings. The van der Waals surface area contributed by atoms with Crippen molar-refractivity contribution in [3.05, 3.63) is 29.8 Å². The molecule has 160 valence electrons. The summed E-state index contributed by atoms with van der Waals surface area (Å²) < 4.78 is 5.48. The molecule has 2 N–H and O–H groups in total. The van der Waals surface area contributed by atoms with Crippen molar-refractivity contribution >= 4 is 17.5 Å². The van der Waals surface area contributed by atoms with Gasteiger partial charge < -0.3 is 20.3 Å². The molecule has 0 bridgehead atoms. The second-order valence-corrected chi connectivity index (χ2v) is 8.17. The summed E-state index contributed by atoms with van der Waals surface area (Å²) in [5, 5.41) is 5.75. The van der Waals surface area contributed by atoms with E-state index >= 15 is 0 Å². The van der Waals surface area contributed by atoms with Crippen LogP contribution in [0.1, 0.15) is 43.7 Å². The molecule has 1 saturated carbocycles. The Morgan fingerprint density at radius 1 is 1.07 bits per heavy atom. The van der Waals surface area contributed by atoms with Crippen molar-refractivity contribution in [2.45, 2.75) is 44.2 Å². The number of carbonyl (C=O) groups is 2. The Bertz CT molecular complexity index is 665. The standard InChI is InChI=1S/C22H34N4O3/c1-25(2)19-10-8-17(9-11-19)20(26-12-14-29-15-13-26)16-23-21(27)22(28)24-18-6-4-3-5-7-18/h8-11,18,20H,3-7,12-16H2,1-2H3,(H,23,27)(H,24,28)/t20-/m1/s1. The molecule has 7 nitrogen and oxygen atoms in total. The predicted molar refractivity (Wildman–Crippen MR) is 114 cm³/mol. The number of hydrogen-bond donors (Lipinski definition) is 2. The van der Waals surface area contributed by atoms with Gasteiger partial charge in [-0.05, 0) is 30.5 Å². The SMILES string of the molecule is CN(C)c1ccc([C@@H](CNC(=O)C(=O)NC2CCCCC2)N2CCOCC2)cc1. The highest BCUT2D eigenvalue weighted by Crippen LogP contribution is 2.24. The van der Waals surface area contributed by atoms with Gasteiger partial charge in [0.1, 0.15) is 0 Å². The molecule has 1 heterocycles.